The van der Waals surface area contributed by atoms with Gasteiger partial charge in [0.2, 0.25) is 0 Å². The zero-order chi connectivity index (χ0) is 9.23. The van der Waals surface area contributed by atoms with Gasteiger partial charge in [-0.2, -0.15) is 0 Å². The van der Waals surface area contributed by atoms with Crippen LogP contribution in [0.5, 0.6) is 0 Å². The zero-order valence-corrected chi connectivity index (χ0v) is 8.46. The second-order valence-electron chi connectivity index (χ2n) is 2.39. The van der Waals surface area contributed by atoms with Crippen LogP contribution in [-0.4, -0.2) is 13.1 Å². The lowest BCUT2D eigenvalue weighted by Crippen LogP contribution is -2.16. The Hall–Kier alpha value is -0.160. The fraction of sp³-hybridized carbons (Fsp3) is 0.556. The third-order valence-corrected chi connectivity index (χ3v) is 1.95. The molecule has 68 valence electrons. The highest BCUT2D eigenvalue weighted by atomic mass is 35.5. The van der Waals surface area contributed by atoms with Crippen LogP contribution in [0.2, 0.25) is 0 Å². The molecule has 1 nitrogen and oxygen atoms in total. The van der Waals surface area contributed by atoms with Crippen LogP contribution in [0.4, 0.5) is 0 Å². The summed E-state index contributed by atoms with van der Waals surface area (Å²) in [5.41, 5.74) is 1.37. The third kappa shape index (κ3) is 7.94. The van der Waals surface area contributed by atoms with E-state index in [1.54, 1.807) is 0 Å². The standard InChI is InChI=1S/C9H13Cl2N/c1-2-3-4-5-6-12-8-9(11)7-10/h1,7,12H,3-6,8H2/b9-7+. The van der Waals surface area contributed by atoms with E-state index in [-0.39, 0.29) is 0 Å². The first-order valence-corrected chi connectivity index (χ1v) is 4.71. The number of nitrogens with one attached hydrogen (secondary N) is 1. The van der Waals surface area contributed by atoms with Crippen LogP contribution < -0.4 is 5.32 Å². The van der Waals surface area contributed by atoms with Gasteiger partial charge in [0, 0.05) is 23.5 Å². The lowest BCUT2D eigenvalue weighted by Gasteiger charge is -2.01. The van der Waals surface area contributed by atoms with Crippen molar-refractivity contribution in [2.45, 2.75) is 19.3 Å². The molecule has 3 heteroatoms. The molecular weight excluding hydrogens is 193 g/mol. The number of terminal acetylenes is 1. The smallest absolute Gasteiger partial charge is 0.0431 e. The molecule has 0 aliphatic heterocycles. The minimum absolute atomic E-state index is 0.633. The Morgan fingerprint density at radius 3 is 2.83 bits per heavy atom. The van der Waals surface area contributed by atoms with Gasteiger partial charge in [-0.1, -0.05) is 23.2 Å². The molecule has 0 aromatic heterocycles. The molecule has 12 heavy (non-hydrogen) atoms. The molecule has 0 fully saturated rings. The molecule has 0 aliphatic rings. The maximum Gasteiger partial charge on any atom is 0.0431 e. The molecule has 0 aromatic carbocycles. The van der Waals surface area contributed by atoms with Gasteiger partial charge >= 0.3 is 0 Å². The molecule has 0 spiro atoms. The summed E-state index contributed by atoms with van der Waals surface area (Å²) < 4.78 is 0. The molecule has 0 aliphatic carbocycles. The van der Waals surface area contributed by atoms with E-state index in [2.05, 4.69) is 11.2 Å². The summed E-state index contributed by atoms with van der Waals surface area (Å²) >= 11 is 11.0. The first-order valence-electron chi connectivity index (χ1n) is 3.90. The highest BCUT2D eigenvalue weighted by Crippen LogP contribution is 2.00. The van der Waals surface area contributed by atoms with Crippen LogP contribution in [0.25, 0.3) is 0 Å². The maximum atomic E-state index is 5.64. The van der Waals surface area contributed by atoms with Gasteiger partial charge < -0.3 is 5.32 Å². The molecule has 0 rings (SSSR count). The van der Waals surface area contributed by atoms with Crippen LogP contribution in [0.1, 0.15) is 19.3 Å². The van der Waals surface area contributed by atoms with Gasteiger partial charge in [-0.05, 0) is 19.4 Å². The predicted octanol–water partition coefficient (Wildman–Crippen LogP) is 2.70. The second kappa shape index (κ2) is 8.93. The van der Waals surface area contributed by atoms with Crippen LogP contribution in [0.15, 0.2) is 10.6 Å². The predicted molar refractivity (Wildman–Crippen MR) is 55.3 cm³/mol. The van der Waals surface area contributed by atoms with Gasteiger partial charge in [-0.25, -0.2) is 0 Å². The van der Waals surface area contributed by atoms with Crippen molar-refractivity contribution < 1.29 is 0 Å². The van der Waals surface area contributed by atoms with Crippen molar-refractivity contribution in [3.63, 3.8) is 0 Å². The Labute approximate surface area is 84.1 Å². The summed E-state index contributed by atoms with van der Waals surface area (Å²) in [6.45, 7) is 1.57. The van der Waals surface area contributed by atoms with Gasteiger partial charge in [0.05, 0.1) is 0 Å². The third-order valence-electron chi connectivity index (χ3n) is 1.34. The lowest BCUT2D eigenvalue weighted by molar-refractivity contribution is 0.662. The van der Waals surface area contributed by atoms with Crippen molar-refractivity contribution >= 4 is 23.2 Å². The first kappa shape index (κ1) is 11.8. The topological polar surface area (TPSA) is 12.0 Å². The molecular formula is C9H13Cl2N. The van der Waals surface area contributed by atoms with Crippen LogP contribution in [0.3, 0.4) is 0 Å². The molecule has 1 N–H and O–H groups in total. The Bertz CT molecular complexity index is 170. The SMILES string of the molecule is C#CCCCCNC/C(Cl)=C\Cl. The highest BCUT2D eigenvalue weighted by molar-refractivity contribution is 6.36. The van der Waals surface area contributed by atoms with Gasteiger partial charge in [-0.15, -0.1) is 12.3 Å². The van der Waals surface area contributed by atoms with Crippen LogP contribution in [0, 0.1) is 12.3 Å². The average Bonchev–Trinajstić information content (AvgIpc) is 2.10. The summed E-state index contributed by atoms with van der Waals surface area (Å²) in [7, 11) is 0. The number of unbranched alkanes of at least 4 members (excludes halogenated alkanes) is 2. The number of rotatable bonds is 6. The van der Waals surface area contributed by atoms with E-state index in [0.29, 0.717) is 11.6 Å². The molecule has 0 amide bonds. The van der Waals surface area contributed by atoms with E-state index in [9.17, 15) is 0 Å². The summed E-state index contributed by atoms with van der Waals surface area (Å²) in [6, 6.07) is 0. The largest absolute Gasteiger partial charge is 0.312 e. The van der Waals surface area contributed by atoms with E-state index < -0.39 is 0 Å². The molecule has 0 radical (unpaired) electrons. The normalized spacial score (nSPS) is 11.2. The summed E-state index contributed by atoms with van der Waals surface area (Å²) in [4.78, 5) is 0. The lowest BCUT2D eigenvalue weighted by atomic mass is 10.2. The highest BCUT2D eigenvalue weighted by Gasteiger charge is 1.90. The van der Waals surface area contributed by atoms with E-state index in [0.717, 1.165) is 25.8 Å². The van der Waals surface area contributed by atoms with Crippen LogP contribution in [-0.2, 0) is 0 Å². The minimum atomic E-state index is 0.633. The number of hydrogen-bond acceptors (Lipinski definition) is 1. The Morgan fingerprint density at radius 2 is 2.25 bits per heavy atom. The van der Waals surface area contributed by atoms with Gasteiger partial charge in [0.25, 0.3) is 0 Å². The van der Waals surface area contributed by atoms with E-state index in [1.165, 1.54) is 5.54 Å². The summed E-state index contributed by atoms with van der Waals surface area (Å²) in [5.74, 6) is 2.59. The summed E-state index contributed by atoms with van der Waals surface area (Å²) in [5, 5.41) is 3.77. The minimum Gasteiger partial charge on any atom is -0.312 e. The van der Waals surface area contributed by atoms with Crippen LogP contribution >= 0.6 is 23.2 Å². The number of halogens is 2. The molecule has 0 saturated carbocycles. The Balaban J connectivity index is 3.07. The van der Waals surface area contributed by atoms with Crippen molar-refractivity contribution in [1.29, 1.82) is 0 Å². The van der Waals surface area contributed by atoms with Crippen molar-refractivity contribution in [3.8, 4) is 12.3 Å². The Kier molecular flexibility index (Phi) is 8.81. The first-order chi connectivity index (χ1) is 5.81. The van der Waals surface area contributed by atoms with Gasteiger partial charge in [0.1, 0.15) is 0 Å². The fourth-order valence-electron chi connectivity index (χ4n) is 0.723. The average molecular weight is 206 g/mol. The molecule has 0 bridgehead atoms. The molecule has 0 atom stereocenters. The van der Waals surface area contributed by atoms with Crippen molar-refractivity contribution in [2.75, 3.05) is 13.1 Å². The van der Waals surface area contributed by atoms with Gasteiger partial charge in [-0.3, -0.25) is 0 Å². The fourth-order valence-corrected chi connectivity index (χ4v) is 0.895. The van der Waals surface area contributed by atoms with E-state index >= 15 is 0 Å². The maximum absolute atomic E-state index is 5.64. The molecule has 0 aromatic rings. The molecule has 0 heterocycles. The Morgan fingerprint density at radius 1 is 1.50 bits per heavy atom. The van der Waals surface area contributed by atoms with E-state index in [4.69, 9.17) is 29.6 Å². The number of hydrogen-bond donors (Lipinski definition) is 1. The molecule has 0 saturated heterocycles. The van der Waals surface area contributed by atoms with Crippen molar-refractivity contribution in [2.24, 2.45) is 0 Å². The quantitative estimate of drug-likeness (QED) is 0.520. The van der Waals surface area contributed by atoms with Crippen molar-refractivity contribution in [1.82, 2.24) is 5.32 Å². The second-order valence-corrected chi connectivity index (χ2v) is 3.10. The van der Waals surface area contributed by atoms with Crippen molar-refractivity contribution in [3.05, 3.63) is 10.6 Å². The monoisotopic (exact) mass is 205 g/mol. The molecule has 0 unspecified atom stereocenters. The summed E-state index contributed by atoms with van der Waals surface area (Å²) in [6.07, 6.45) is 8.08. The zero-order valence-electron chi connectivity index (χ0n) is 6.95. The van der Waals surface area contributed by atoms with Gasteiger partial charge in [0.15, 0.2) is 0 Å². The van der Waals surface area contributed by atoms with E-state index in [1.807, 2.05) is 0 Å².